The van der Waals surface area contributed by atoms with Crippen LogP contribution >= 0.6 is 15.9 Å². The summed E-state index contributed by atoms with van der Waals surface area (Å²) in [6.45, 7) is 6.56. The van der Waals surface area contributed by atoms with Crippen molar-refractivity contribution < 1.29 is 13.2 Å². The summed E-state index contributed by atoms with van der Waals surface area (Å²) in [5.41, 5.74) is 1.68. The monoisotopic (exact) mass is 481 g/mol. The second kappa shape index (κ2) is 9.73. The molecular formula is C21H28BrN3O3S. The van der Waals surface area contributed by atoms with E-state index in [1.165, 1.54) is 12.1 Å². The molecule has 2 rings (SSSR count). The SMILES string of the molecule is Cc1ccc(Br)c(NS(=O)(=O)c2cccc(C(=O)NCC(C(C)C)N(C)C)c2)c1. The van der Waals surface area contributed by atoms with Gasteiger partial charge in [0.2, 0.25) is 0 Å². The fourth-order valence-corrected chi connectivity index (χ4v) is 4.63. The van der Waals surface area contributed by atoms with E-state index in [4.69, 9.17) is 0 Å². The number of carbonyl (C=O) groups is 1. The topological polar surface area (TPSA) is 78.5 Å². The van der Waals surface area contributed by atoms with Crippen LogP contribution in [0, 0.1) is 12.8 Å². The maximum atomic E-state index is 12.8. The van der Waals surface area contributed by atoms with E-state index in [1.54, 1.807) is 24.3 Å². The number of hydrogen-bond donors (Lipinski definition) is 2. The smallest absolute Gasteiger partial charge is 0.261 e. The lowest BCUT2D eigenvalue weighted by atomic mass is 10.0. The second-order valence-corrected chi connectivity index (χ2v) is 10.1. The van der Waals surface area contributed by atoms with E-state index in [9.17, 15) is 13.2 Å². The van der Waals surface area contributed by atoms with Crippen molar-refractivity contribution >= 4 is 37.5 Å². The summed E-state index contributed by atoms with van der Waals surface area (Å²) in [6, 6.07) is 11.6. The second-order valence-electron chi connectivity index (χ2n) is 7.60. The third-order valence-corrected chi connectivity index (χ3v) is 6.73. The average molecular weight is 482 g/mol. The number of aryl methyl sites for hydroxylation is 1. The Hall–Kier alpha value is -1.90. The van der Waals surface area contributed by atoms with Crippen LogP contribution in [-0.2, 0) is 10.0 Å². The minimum Gasteiger partial charge on any atom is -0.350 e. The first-order valence-corrected chi connectivity index (χ1v) is 11.6. The number of benzene rings is 2. The molecule has 1 atom stereocenters. The predicted octanol–water partition coefficient (Wildman–Crippen LogP) is 3.87. The van der Waals surface area contributed by atoms with Crippen LogP contribution in [0.3, 0.4) is 0 Å². The largest absolute Gasteiger partial charge is 0.350 e. The van der Waals surface area contributed by atoms with Gasteiger partial charge in [-0.25, -0.2) is 8.42 Å². The van der Waals surface area contributed by atoms with Crippen LogP contribution in [0.25, 0.3) is 0 Å². The predicted molar refractivity (Wildman–Crippen MR) is 121 cm³/mol. The zero-order valence-electron chi connectivity index (χ0n) is 17.4. The molecule has 6 nitrogen and oxygen atoms in total. The van der Waals surface area contributed by atoms with E-state index in [-0.39, 0.29) is 16.8 Å². The average Bonchev–Trinajstić information content (AvgIpc) is 2.64. The number of nitrogens with one attached hydrogen (secondary N) is 2. The van der Waals surface area contributed by atoms with Gasteiger partial charge in [0.1, 0.15) is 0 Å². The summed E-state index contributed by atoms with van der Waals surface area (Å²) in [6.07, 6.45) is 0. The van der Waals surface area contributed by atoms with E-state index in [0.717, 1.165) is 5.56 Å². The van der Waals surface area contributed by atoms with Crippen LogP contribution < -0.4 is 10.0 Å². The molecule has 0 spiro atoms. The first kappa shape index (κ1) is 23.4. The van der Waals surface area contributed by atoms with Crippen LogP contribution in [0.5, 0.6) is 0 Å². The quantitative estimate of drug-likeness (QED) is 0.599. The van der Waals surface area contributed by atoms with Gasteiger partial charge in [-0.2, -0.15) is 0 Å². The minimum atomic E-state index is -3.83. The third kappa shape index (κ3) is 6.29. The molecule has 29 heavy (non-hydrogen) atoms. The molecule has 0 radical (unpaired) electrons. The molecule has 0 aromatic heterocycles. The van der Waals surface area contributed by atoms with E-state index < -0.39 is 10.0 Å². The molecule has 158 valence electrons. The lowest BCUT2D eigenvalue weighted by molar-refractivity contribution is 0.0934. The van der Waals surface area contributed by atoms with Crippen LogP contribution in [0.15, 0.2) is 51.8 Å². The molecule has 2 aromatic rings. The highest BCUT2D eigenvalue weighted by Crippen LogP contribution is 2.26. The number of sulfonamides is 1. The van der Waals surface area contributed by atoms with Gasteiger partial charge >= 0.3 is 0 Å². The Labute approximate surface area is 181 Å². The molecule has 8 heteroatoms. The van der Waals surface area contributed by atoms with Gasteiger partial charge in [-0.3, -0.25) is 9.52 Å². The molecule has 0 aliphatic rings. The van der Waals surface area contributed by atoms with E-state index in [2.05, 4.69) is 44.7 Å². The standard InChI is InChI=1S/C21H28BrN3O3S/c1-14(2)20(25(4)5)13-23-21(26)16-7-6-8-17(12-16)29(27,28)24-19-11-15(3)9-10-18(19)22/h6-12,14,20,24H,13H2,1-5H3,(H,23,26). The number of carbonyl (C=O) groups excluding carboxylic acids is 1. The van der Waals surface area contributed by atoms with Crippen LogP contribution in [-0.4, -0.2) is 45.9 Å². The molecule has 0 saturated carbocycles. The van der Waals surface area contributed by atoms with Crippen molar-refractivity contribution in [1.82, 2.24) is 10.2 Å². The van der Waals surface area contributed by atoms with Gasteiger partial charge in [-0.15, -0.1) is 0 Å². The zero-order valence-corrected chi connectivity index (χ0v) is 19.8. The number of rotatable bonds is 8. The summed E-state index contributed by atoms with van der Waals surface area (Å²) in [4.78, 5) is 14.7. The maximum absolute atomic E-state index is 12.8. The lowest BCUT2D eigenvalue weighted by Crippen LogP contribution is -2.43. The normalized spacial score (nSPS) is 12.8. The van der Waals surface area contributed by atoms with Crippen molar-refractivity contribution in [2.45, 2.75) is 31.7 Å². The highest BCUT2D eigenvalue weighted by Gasteiger charge is 2.20. The van der Waals surface area contributed by atoms with E-state index in [1.807, 2.05) is 27.1 Å². The number of nitrogens with zero attached hydrogens (tertiary/aromatic N) is 1. The Morgan fingerprint density at radius 2 is 1.83 bits per heavy atom. The third-order valence-electron chi connectivity index (χ3n) is 4.68. The van der Waals surface area contributed by atoms with Crippen molar-refractivity contribution in [2.24, 2.45) is 5.92 Å². The van der Waals surface area contributed by atoms with Crippen molar-refractivity contribution in [3.05, 3.63) is 58.1 Å². The number of likely N-dealkylation sites (N-methyl/N-ethyl adjacent to an activating group) is 1. The number of amides is 1. The van der Waals surface area contributed by atoms with Crippen molar-refractivity contribution in [2.75, 3.05) is 25.4 Å². The molecule has 0 bridgehead atoms. The van der Waals surface area contributed by atoms with Gasteiger partial charge in [0, 0.05) is 22.6 Å². The summed E-state index contributed by atoms with van der Waals surface area (Å²) >= 11 is 3.36. The van der Waals surface area contributed by atoms with Gasteiger partial charge in [0.25, 0.3) is 15.9 Å². The molecule has 0 fully saturated rings. The molecule has 1 amide bonds. The van der Waals surface area contributed by atoms with Gasteiger partial charge < -0.3 is 10.2 Å². The summed E-state index contributed by atoms with van der Waals surface area (Å²) in [7, 11) is 0.108. The summed E-state index contributed by atoms with van der Waals surface area (Å²) < 4.78 is 28.8. The Balaban J connectivity index is 2.19. The number of halogens is 1. The van der Waals surface area contributed by atoms with Crippen LogP contribution in [0.1, 0.15) is 29.8 Å². The maximum Gasteiger partial charge on any atom is 0.261 e. The number of hydrogen-bond acceptors (Lipinski definition) is 4. The fraction of sp³-hybridized carbons (Fsp3) is 0.381. The highest BCUT2D eigenvalue weighted by atomic mass is 79.9. The van der Waals surface area contributed by atoms with Crippen molar-refractivity contribution in [3.63, 3.8) is 0 Å². The van der Waals surface area contributed by atoms with Gasteiger partial charge in [-0.05, 0) is 78.8 Å². The van der Waals surface area contributed by atoms with Crippen molar-refractivity contribution in [1.29, 1.82) is 0 Å². The molecule has 2 N–H and O–H groups in total. The molecule has 0 aliphatic carbocycles. The summed E-state index contributed by atoms with van der Waals surface area (Å²) in [5.74, 6) is 0.0697. The van der Waals surface area contributed by atoms with Crippen LogP contribution in [0.2, 0.25) is 0 Å². The Morgan fingerprint density at radius 3 is 2.45 bits per heavy atom. The Bertz CT molecular complexity index is 967. The zero-order chi connectivity index (χ0) is 21.8. The molecule has 2 aromatic carbocycles. The van der Waals surface area contributed by atoms with Crippen LogP contribution in [0.4, 0.5) is 5.69 Å². The van der Waals surface area contributed by atoms with Crippen molar-refractivity contribution in [3.8, 4) is 0 Å². The number of anilines is 1. The highest BCUT2D eigenvalue weighted by molar-refractivity contribution is 9.10. The van der Waals surface area contributed by atoms with Gasteiger partial charge in [-0.1, -0.05) is 26.0 Å². The lowest BCUT2D eigenvalue weighted by Gasteiger charge is -2.28. The molecule has 0 aliphatic heterocycles. The Morgan fingerprint density at radius 1 is 1.14 bits per heavy atom. The Kier molecular flexibility index (Phi) is 7.85. The van der Waals surface area contributed by atoms with Gasteiger partial charge in [0.15, 0.2) is 0 Å². The summed E-state index contributed by atoms with van der Waals surface area (Å²) in [5, 5.41) is 2.90. The van der Waals surface area contributed by atoms with E-state index in [0.29, 0.717) is 28.2 Å². The molecule has 0 heterocycles. The first-order valence-electron chi connectivity index (χ1n) is 9.35. The molecule has 0 saturated heterocycles. The van der Waals surface area contributed by atoms with E-state index >= 15 is 0 Å². The fourth-order valence-electron chi connectivity index (χ4n) is 3.04. The molecule has 1 unspecified atom stereocenters. The molecular weight excluding hydrogens is 454 g/mol. The minimum absolute atomic E-state index is 0.0339. The van der Waals surface area contributed by atoms with Gasteiger partial charge in [0.05, 0.1) is 10.6 Å². The first-order chi connectivity index (χ1) is 13.5.